The average Bonchev–Trinajstić information content (AvgIpc) is 2.89. The van der Waals surface area contributed by atoms with Crippen LogP contribution in [0.4, 0.5) is 0 Å². The van der Waals surface area contributed by atoms with Crippen molar-refractivity contribution in [1.82, 2.24) is 0 Å². The van der Waals surface area contributed by atoms with Crippen molar-refractivity contribution in [1.29, 1.82) is 0 Å². The Morgan fingerprint density at radius 2 is 1.04 bits per heavy atom. The zero-order valence-corrected chi connectivity index (χ0v) is 18.8. The van der Waals surface area contributed by atoms with Crippen molar-refractivity contribution in [2.24, 2.45) is 0 Å². The molecule has 1 aromatic rings. The number of allylic oxidation sites excluding steroid dienone is 1. The molecule has 2 aliphatic rings. The molecule has 0 atom stereocenters. The van der Waals surface area contributed by atoms with E-state index in [1.54, 1.807) is 0 Å². The van der Waals surface area contributed by atoms with Crippen LogP contribution in [0.25, 0.3) is 6.08 Å². The summed E-state index contributed by atoms with van der Waals surface area (Å²) in [6.45, 7) is 18.6. The topological polar surface area (TPSA) is 36.9 Å². The molecule has 0 N–H and O–H groups in total. The Balaban J connectivity index is 1.90. The molecule has 2 aliphatic heterocycles. The first-order chi connectivity index (χ1) is 12.7. The highest BCUT2D eigenvalue weighted by Gasteiger charge is 2.61. The second kappa shape index (κ2) is 7.02. The Morgan fingerprint density at radius 3 is 1.39 bits per heavy atom. The molecule has 2 saturated heterocycles. The van der Waals surface area contributed by atoms with Gasteiger partial charge in [0, 0.05) is 5.72 Å². The van der Waals surface area contributed by atoms with Crippen LogP contribution in [0.1, 0.15) is 66.5 Å². The largest absolute Gasteiger partial charge is 0.462 e. The van der Waals surface area contributed by atoms with E-state index in [0.29, 0.717) is 0 Å². The molecule has 4 nitrogen and oxygen atoms in total. The van der Waals surface area contributed by atoms with Crippen LogP contribution in [-0.2, 0) is 18.6 Å². The van der Waals surface area contributed by atoms with Gasteiger partial charge in [-0.25, -0.2) is 0 Å². The van der Waals surface area contributed by atoms with Crippen LogP contribution >= 0.6 is 0 Å². The van der Waals surface area contributed by atoms with Gasteiger partial charge in [0.2, 0.25) is 0 Å². The lowest BCUT2D eigenvalue weighted by molar-refractivity contribution is 0.00578. The van der Waals surface area contributed by atoms with Crippen molar-refractivity contribution in [3.8, 4) is 0 Å². The number of rotatable bonds is 4. The molecule has 0 spiro atoms. The summed E-state index contributed by atoms with van der Waals surface area (Å²) in [4.78, 5) is 0. The van der Waals surface area contributed by atoms with Gasteiger partial charge < -0.3 is 18.6 Å². The van der Waals surface area contributed by atoms with Crippen molar-refractivity contribution in [2.45, 2.75) is 90.4 Å². The Kier molecular flexibility index (Phi) is 5.42. The maximum Gasteiger partial charge on any atom is 0.462 e. The maximum absolute atomic E-state index is 6.35. The van der Waals surface area contributed by atoms with Crippen LogP contribution in [0.5, 0.6) is 0 Å². The molecular formula is C22H34B2O4. The minimum Gasteiger partial charge on any atom is -0.403 e. The van der Waals surface area contributed by atoms with E-state index in [4.69, 9.17) is 18.6 Å². The standard InChI is InChI=1S/C22H34B2O4/c1-16-10-12-17(13-11-16)14-15-18(23-25-19(2,3)20(4,5)26-23)24-27-21(6,7)22(8,9)28-24/h10-15,18H,1-9H3/b15-14+. The molecule has 0 amide bonds. The van der Waals surface area contributed by atoms with Crippen LogP contribution < -0.4 is 0 Å². The lowest BCUT2D eigenvalue weighted by Crippen LogP contribution is -2.41. The molecule has 0 saturated carbocycles. The summed E-state index contributed by atoms with van der Waals surface area (Å²) >= 11 is 0. The monoisotopic (exact) mass is 384 g/mol. The molecule has 6 heteroatoms. The number of aryl methyl sites for hydroxylation is 1. The highest BCUT2D eigenvalue weighted by molar-refractivity contribution is 6.69. The quantitative estimate of drug-likeness (QED) is 0.677. The second-order valence-corrected chi connectivity index (χ2v) is 10.1. The van der Waals surface area contributed by atoms with E-state index in [2.05, 4.69) is 98.7 Å². The second-order valence-electron chi connectivity index (χ2n) is 10.1. The third-order valence-corrected chi connectivity index (χ3v) is 6.76. The summed E-state index contributed by atoms with van der Waals surface area (Å²) < 4.78 is 25.4. The minimum atomic E-state index is -0.443. The van der Waals surface area contributed by atoms with E-state index in [1.165, 1.54) is 5.56 Å². The molecule has 0 radical (unpaired) electrons. The fourth-order valence-electron chi connectivity index (χ4n) is 3.30. The van der Waals surface area contributed by atoms with E-state index in [0.717, 1.165) is 5.56 Å². The van der Waals surface area contributed by atoms with Gasteiger partial charge in [0.05, 0.1) is 22.4 Å². The fourth-order valence-corrected chi connectivity index (χ4v) is 3.30. The molecule has 2 fully saturated rings. The van der Waals surface area contributed by atoms with Crippen molar-refractivity contribution < 1.29 is 18.6 Å². The van der Waals surface area contributed by atoms with Gasteiger partial charge in [0.25, 0.3) is 0 Å². The summed E-state index contributed by atoms with van der Waals surface area (Å²) in [5, 5.41) is 0. The first-order valence-corrected chi connectivity index (χ1v) is 10.2. The molecule has 1 aromatic carbocycles. The van der Waals surface area contributed by atoms with Gasteiger partial charge in [-0.1, -0.05) is 42.0 Å². The van der Waals surface area contributed by atoms with Crippen molar-refractivity contribution >= 4 is 20.3 Å². The summed E-state index contributed by atoms with van der Waals surface area (Å²) in [6.07, 6.45) is 4.20. The normalized spacial score (nSPS) is 25.2. The van der Waals surface area contributed by atoms with Crippen LogP contribution in [0, 0.1) is 6.92 Å². The summed E-state index contributed by atoms with van der Waals surface area (Å²) in [5.41, 5.74) is 0.556. The lowest BCUT2D eigenvalue weighted by Gasteiger charge is -2.32. The third kappa shape index (κ3) is 3.97. The number of hydrogen-bond acceptors (Lipinski definition) is 4. The molecule has 0 aliphatic carbocycles. The van der Waals surface area contributed by atoms with Crippen molar-refractivity contribution in [3.63, 3.8) is 0 Å². The molecule has 152 valence electrons. The van der Waals surface area contributed by atoms with E-state index < -0.39 is 36.6 Å². The molecule has 2 heterocycles. The van der Waals surface area contributed by atoms with E-state index in [-0.39, 0.29) is 5.72 Å². The predicted octanol–water partition coefficient (Wildman–Crippen LogP) is 5.10. The van der Waals surface area contributed by atoms with E-state index >= 15 is 0 Å². The molecule has 28 heavy (non-hydrogen) atoms. The van der Waals surface area contributed by atoms with E-state index in [1.807, 2.05) is 0 Å². The third-order valence-electron chi connectivity index (χ3n) is 6.76. The van der Waals surface area contributed by atoms with Gasteiger partial charge in [0.1, 0.15) is 0 Å². The number of benzene rings is 1. The zero-order chi connectivity index (χ0) is 21.0. The highest BCUT2D eigenvalue weighted by Crippen LogP contribution is 2.45. The van der Waals surface area contributed by atoms with E-state index in [9.17, 15) is 0 Å². The average molecular weight is 384 g/mol. The first-order valence-electron chi connectivity index (χ1n) is 10.2. The molecular weight excluding hydrogens is 350 g/mol. The van der Waals surface area contributed by atoms with Crippen molar-refractivity contribution in [3.05, 3.63) is 41.5 Å². The van der Waals surface area contributed by atoms with Crippen LogP contribution in [-0.4, -0.2) is 36.6 Å². The van der Waals surface area contributed by atoms with Gasteiger partial charge in [-0.15, -0.1) is 0 Å². The molecule has 0 aromatic heterocycles. The van der Waals surface area contributed by atoms with Gasteiger partial charge in [-0.3, -0.25) is 0 Å². The van der Waals surface area contributed by atoms with Gasteiger partial charge >= 0.3 is 14.2 Å². The van der Waals surface area contributed by atoms with Gasteiger partial charge in [-0.2, -0.15) is 0 Å². The Morgan fingerprint density at radius 1 is 0.679 bits per heavy atom. The Labute approximate surface area is 171 Å². The highest BCUT2D eigenvalue weighted by atomic mass is 16.7. The number of hydrogen-bond donors (Lipinski definition) is 0. The molecule has 0 bridgehead atoms. The molecule has 0 unspecified atom stereocenters. The summed E-state index contributed by atoms with van der Waals surface area (Å²) in [6, 6.07) is 8.44. The molecule has 3 rings (SSSR count). The predicted molar refractivity (Wildman–Crippen MR) is 116 cm³/mol. The Bertz CT molecular complexity index is 669. The fraction of sp³-hybridized carbons (Fsp3) is 0.636. The Hall–Kier alpha value is -1.07. The van der Waals surface area contributed by atoms with Gasteiger partial charge in [-0.05, 0) is 67.9 Å². The van der Waals surface area contributed by atoms with Crippen LogP contribution in [0.2, 0.25) is 5.72 Å². The lowest BCUT2D eigenvalue weighted by atomic mass is 9.51. The zero-order valence-electron chi connectivity index (χ0n) is 18.8. The maximum atomic E-state index is 6.35. The minimum absolute atomic E-state index is 0.191. The first kappa shape index (κ1) is 21.6. The van der Waals surface area contributed by atoms with Crippen molar-refractivity contribution in [2.75, 3.05) is 0 Å². The smallest absolute Gasteiger partial charge is 0.403 e. The summed E-state index contributed by atoms with van der Waals surface area (Å²) in [7, 11) is -0.886. The van der Waals surface area contributed by atoms with Gasteiger partial charge in [0.15, 0.2) is 0 Å². The van der Waals surface area contributed by atoms with Crippen LogP contribution in [0.15, 0.2) is 30.3 Å². The summed E-state index contributed by atoms with van der Waals surface area (Å²) in [5.74, 6) is 0. The van der Waals surface area contributed by atoms with Crippen LogP contribution in [0.3, 0.4) is 0 Å². The SMILES string of the molecule is Cc1ccc(/C=C/C(B2OC(C)(C)C(C)(C)O2)B2OC(C)(C)C(C)(C)O2)cc1.